The molecule has 1 saturated carbocycles. The van der Waals surface area contributed by atoms with Gasteiger partial charge in [0.05, 0.1) is 0 Å². The van der Waals surface area contributed by atoms with Gasteiger partial charge in [0.15, 0.2) is 0 Å². The Hall–Kier alpha value is -0.780. The molecule has 0 heterocycles. The molecule has 1 aliphatic rings. The van der Waals surface area contributed by atoms with Gasteiger partial charge in [0, 0.05) is 0 Å². The third-order valence-electron chi connectivity index (χ3n) is 4.02. The van der Waals surface area contributed by atoms with E-state index in [2.05, 4.69) is 39.0 Å². The molecule has 1 aromatic rings. The molecule has 0 amide bonds. The van der Waals surface area contributed by atoms with Gasteiger partial charge in [0.2, 0.25) is 0 Å². The van der Waals surface area contributed by atoms with Crippen LogP contribution in [-0.2, 0) is 0 Å². The van der Waals surface area contributed by atoms with E-state index in [4.69, 9.17) is 0 Å². The monoisotopic (exact) mass is 262 g/mol. The van der Waals surface area contributed by atoms with Gasteiger partial charge in [-0.15, -0.1) is 0 Å². The minimum Gasteiger partial charge on any atom is -0.0683 e. The van der Waals surface area contributed by atoms with Gasteiger partial charge >= 0.3 is 0 Å². The normalized spacial score (nSPS) is 21.6. The summed E-state index contributed by atoms with van der Waals surface area (Å²) < 4.78 is 0. The molecule has 0 bridgehead atoms. The first-order chi connectivity index (χ1) is 9.16. The van der Waals surface area contributed by atoms with Crippen LogP contribution in [0.1, 0.15) is 82.9 Å². The zero-order valence-electron chi connectivity index (χ0n) is 14.2. The molecule has 1 aliphatic carbocycles. The van der Waals surface area contributed by atoms with Crippen LogP contribution >= 0.6 is 0 Å². The molecule has 0 radical (unpaired) electrons. The molecule has 1 fully saturated rings. The van der Waals surface area contributed by atoms with Gasteiger partial charge in [-0.1, -0.05) is 65.7 Å². The second-order valence-corrected chi connectivity index (χ2v) is 5.30. The van der Waals surface area contributed by atoms with Crippen molar-refractivity contribution in [3.05, 3.63) is 34.9 Å². The van der Waals surface area contributed by atoms with E-state index < -0.39 is 0 Å². The predicted molar refractivity (Wildman–Crippen MR) is 89.0 cm³/mol. The summed E-state index contributed by atoms with van der Waals surface area (Å²) in [6.45, 7) is 14.8. The lowest BCUT2D eigenvalue weighted by molar-refractivity contribution is 0.348. The van der Waals surface area contributed by atoms with Gasteiger partial charge in [0.1, 0.15) is 0 Å². The number of hydrogen-bond donors (Lipinski definition) is 0. The molecule has 0 heteroatoms. The second-order valence-electron chi connectivity index (χ2n) is 5.30. The van der Waals surface area contributed by atoms with Crippen LogP contribution in [-0.4, -0.2) is 0 Å². The molecule has 0 atom stereocenters. The largest absolute Gasteiger partial charge is 0.0683 e. The van der Waals surface area contributed by atoms with Crippen molar-refractivity contribution >= 4 is 0 Å². The van der Waals surface area contributed by atoms with Crippen LogP contribution in [0.15, 0.2) is 18.2 Å². The van der Waals surface area contributed by atoms with Crippen LogP contribution < -0.4 is 0 Å². The Labute approximate surface area is 121 Å². The van der Waals surface area contributed by atoms with Crippen LogP contribution in [0.4, 0.5) is 0 Å². The first kappa shape index (κ1) is 18.2. The Morgan fingerprint density at radius 2 is 1.32 bits per heavy atom. The topological polar surface area (TPSA) is 0 Å². The summed E-state index contributed by atoms with van der Waals surface area (Å²) in [7, 11) is 0. The smallest absolute Gasteiger partial charge is 0.0162 e. The SMILES string of the molecule is CC.CC.Cc1ccc(C2CCC(C)CC2)cc1C. The highest BCUT2D eigenvalue weighted by atomic mass is 14.2. The summed E-state index contributed by atoms with van der Waals surface area (Å²) >= 11 is 0. The number of aryl methyl sites for hydroxylation is 2. The van der Waals surface area contributed by atoms with Gasteiger partial charge in [-0.3, -0.25) is 0 Å². The molecule has 0 saturated heterocycles. The van der Waals surface area contributed by atoms with E-state index in [1.54, 1.807) is 5.56 Å². The van der Waals surface area contributed by atoms with Gasteiger partial charge in [-0.2, -0.15) is 0 Å². The minimum atomic E-state index is 0.834. The maximum Gasteiger partial charge on any atom is -0.0162 e. The first-order valence-electron chi connectivity index (χ1n) is 8.24. The zero-order chi connectivity index (χ0) is 14.8. The van der Waals surface area contributed by atoms with E-state index in [9.17, 15) is 0 Å². The van der Waals surface area contributed by atoms with Crippen LogP contribution in [0.25, 0.3) is 0 Å². The van der Waals surface area contributed by atoms with E-state index in [-0.39, 0.29) is 0 Å². The molecule has 110 valence electrons. The van der Waals surface area contributed by atoms with Crippen LogP contribution in [0.2, 0.25) is 0 Å². The highest BCUT2D eigenvalue weighted by Crippen LogP contribution is 2.35. The molecule has 0 aliphatic heterocycles. The van der Waals surface area contributed by atoms with Crippen molar-refractivity contribution in [1.82, 2.24) is 0 Å². The van der Waals surface area contributed by atoms with Crippen molar-refractivity contribution in [3.8, 4) is 0 Å². The highest BCUT2D eigenvalue weighted by Gasteiger charge is 2.19. The Morgan fingerprint density at radius 1 is 0.789 bits per heavy atom. The van der Waals surface area contributed by atoms with Crippen LogP contribution in [0.5, 0.6) is 0 Å². The van der Waals surface area contributed by atoms with E-state index in [1.165, 1.54) is 36.8 Å². The first-order valence-corrected chi connectivity index (χ1v) is 8.24. The molecule has 1 aromatic carbocycles. The fraction of sp³-hybridized carbons (Fsp3) is 0.684. The van der Waals surface area contributed by atoms with Crippen LogP contribution in [0, 0.1) is 19.8 Å². The van der Waals surface area contributed by atoms with Crippen molar-refractivity contribution < 1.29 is 0 Å². The molecule has 19 heavy (non-hydrogen) atoms. The molecular formula is C19H34. The molecule has 2 rings (SSSR count). The molecule has 0 aromatic heterocycles. The van der Waals surface area contributed by atoms with Crippen molar-refractivity contribution in [2.45, 2.75) is 80.1 Å². The fourth-order valence-electron chi connectivity index (χ4n) is 2.61. The summed E-state index contributed by atoms with van der Waals surface area (Å²) in [6, 6.07) is 7.02. The third-order valence-corrected chi connectivity index (χ3v) is 4.02. The van der Waals surface area contributed by atoms with E-state index in [1.807, 2.05) is 27.7 Å². The van der Waals surface area contributed by atoms with Crippen LogP contribution in [0.3, 0.4) is 0 Å². The Morgan fingerprint density at radius 3 is 1.79 bits per heavy atom. The van der Waals surface area contributed by atoms with E-state index in [0.717, 1.165) is 11.8 Å². The van der Waals surface area contributed by atoms with Gasteiger partial charge in [0.25, 0.3) is 0 Å². The summed E-state index contributed by atoms with van der Waals surface area (Å²) in [6.07, 6.45) is 5.61. The summed E-state index contributed by atoms with van der Waals surface area (Å²) in [5.41, 5.74) is 4.44. The lowest BCUT2D eigenvalue weighted by atomic mass is 9.79. The maximum atomic E-state index is 2.40. The van der Waals surface area contributed by atoms with Crippen molar-refractivity contribution in [2.24, 2.45) is 5.92 Å². The van der Waals surface area contributed by atoms with Gasteiger partial charge in [-0.05, 0) is 55.2 Å². The Balaban J connectivity index is 0.000000741. The second kappa shape index (κ2) is 10.1. The van der Waals surface area contributed by atoms with Crippen molar-refractivity contribution in [1.29, 1.82) is 0 Å². The number of benzene rings is 1. The standard InChI is InChI=1S/C15H22.2C2H6/c1-11-4-7-14(8-5-11)15-9-6-12(2)13(3)10-15;2*1-2/h6,9-11,14H,4-5,7-8H2,1-3H3;2*1-2H3. The average Bonchev–Trinajstić information content (AvgIpc) is 2.47. The zero-order valence-corrected chi connectivity index (χ0v) is 14.2. The number of rotatable bonds is 1. The van der Waals surface area contributed by atoms with Crippen molar-refractivity contribution in [3.63, 3.8) is 0 Å². The van der Waals surface area contributed by atoms with Crippen molar-refractivity contribution in [2.75, 3.05) is 0 Å². The fourth-order valence-corrected chi connectivity index (χ4v) is 2.61. The molecule has 0 unspecified atom stereocenters. The molecular weight excluding hydrogens is 228 g/mol. The molecule has 0 N–H and O–H groups in total. The summed E-state index contributed by atoms with van der Waals surface area (Å²) in [5, 5.41) is 0. The average molecular weight is 262 g/mol. The van der Waals surface area contributed by atoms with E-state index >= 15 is 0 Å². The minimum absolute atomic E-state index is 0.834. The predicted octanol–water partition coefficient (Wildman–Crippen LogP) is 6.65. The Kier molecular flexibility index (Phi) is 9.65. The summed E-state index contributed by atoms with van der Waals surface area (Å²) in [5.74, 6) is 1.79. The Bertz CT molecular complexity index is 330. The molecule has 0 spiro atoms. The number of hydrogen-bond acceptors (Lipinski definition) is 0. The van der Waals surface area contributed by atoms with Gasteiger partial charge in [-0.25, -0.2) is 0 Å². The quantitative estimate of drug-likeness (QED) is 0.531. The third kappa shape index (κ3) is 5.80. The molecule has 0 nitrogen and oxygen atoms in total. The maximum absolute atomic E-state index is 2.40. The van der Waals surface area contributed by atoms with E-state index in [0.29, 0.717) is 0 Å². The summed E-state index contributed by atoms with van der Waals surface area (Å²) in [4.78, 5) is 0. The highest BCUT2D eigenvalue weighted by molar-refractivity contribution is 5.32. The lowest BCUT2D eigenvalue weighted by Crippen LogP contribution is -2.10. The lowest BCUT2D eigenvalue weighted by Gasteiger charge is -2.26. The van der Waals surface area contributed by atoms with Gasteiger partial charge < -0.3 is 0 Å².